The molecule has 0 amide bonds. The summed E-state index contributed by atoms with van der Waals surface area (Å²) >= 11 is 0. The molecule has 1 saturated carbocycles. The Morgan fingerprint density at radius 1 is 1.37 bits per heavy atom. The molecule has 9 nitrogen and oxygen atoms in total. The first kappa shape index (κ1) is 23.6. The summed E-state index contributed by atoms with van der Waals surface area (Å²) in [6, 6.07) is 0. The van der Waals surface area contributed by atoms with Crippen LogP contribution in [0.1, 0.15) is 59.5 Å². The first-order valence-corrected chi connectivity index (χ1v) is 10.2. The van der Waals surface area contributed by atoms with Gasteiger partial charge in [-0.15, -0.1) is 7.05 Å². The number of nitrogens with zero attached hydrogens (tertiary/aromatic N) is 5. The minimum absolute atomic E-state index is 0. The Morgan fingerprint density at radius 2 is 2.13 bits per heavy atom. The number of hydrogen-bond donors (Lipinski definition) is 2. The number of methoxy groups -OCH3 is 1. The molecule has 0 spiro atoms. The molecule has 2 aliphatic rings. The maximum Gasteiger partial charge on any atom is 1.00 e. The van der Waals surface area contributed by atoms with E-state index in [2.05, 4.69) is 15.4 Å². The van der Waals surface area contributed by atoms with Gasteiger partial charge in [0.05, 0.1) is 35.0 Å². The SMILES string of the molecule is C[N-]n1c(C)nc(CCCOC)c1C(=N)N1CCc2nc(C3CC3)[nH]c(=O)c2C1.[K+]. The fraction of sp³-hybridized carbons (Fsp3) is 0.600. The Bertz CT molecular complexity index is 980. The molecule has 2 aromatic heterocycles. The molecule has 0 unspecified atom stereocenters. The number of amidine groups is 1. The van der Waals surface area contributed by atoms with Crippen LogP contribution < -0.4 is 56.9 Å². The average Bonchev–Trinajstić information content (AvgIpc) is 3.51. The van der Waals surface area contributed by atoms with Crippen LogP contribution in [0.3, 0.4) is 0 Å². The van der Waals surface area contributed by atoms with Gasteiger partial charge in [-0.25, -0.2) is 9.97 Å². The third-order valence-electron chi connectivity index (χ3n) is 5.64. The van der Waals surface area contributed by atoms with Crippen LogP contribution in [0.2, 0.25) is 0 Å². The van der Waals surface area contributed by atoms with Crippen LogP contribution in [0.25, 0.3) is 5.43 Å². The molecule has 1 aliphatic heterocycles. The Hall–Kier alpha value is -1.04. The van der Waals surface area contributed by atoms with Crippen LogP contribution in [0.15, 0.2) is 4.79 Å². The van der Waals surface area contributed by atoms with Crippen molar-refractivity contribution in [2.45, 2.75) is 51.5 Å². The molecule has 30 heavy (non-hydrogen) atoms. The molecule has 156 valence electrons. The molecule has 0 bridgehead atoms. The molecular formula is C20H28KN7O2. The van der Waals surface area contributed by atoms with Gasteiger partial charge < -0.3 is 24.7 Å². The number of aromatic nitrogens is 4. The third kappa shape index (κ3) is 4.73. The van der Waals surface area contributed by atoms with Crippen LogP contribution in [0.5, 0.6) is 0 Å². The van der Waals surface area contributed by atoms with Gasteiger partial charge in [-0.1, -0.05) is 0 Å². The predicted octanol–water partition coefficient (Wildman–Crippen LogP) is -1.11. The largest absolute Gasteiger partial charge is 1.00 e. The zero-order valence-corrected chi connectivity index (χ0v) is 21.4. The summed E-state index contributed by atoms with van der Waals surface area (Å²) in [5, 5.41) is 8.88. The summed E-state index contributed by atoms with van der Waals surface area (Å²) in [4.78, 5) is 26.9. The van der Waals surface area contributed by atoms with Gasteiger partial charge in [-0.3, -0.25) is 10.2 Å². The van der Waals surface area contributed by atoms with Gasteiger partial charge in [0, 0.05) is 32.6 Å². The maximum atomic E-state index is 12.6. The molecule has 10 heteroatoms. The van der Waals surface area contributed by atoms with E-state index in [1.54, 1.807) is 18.8 Å². The fourth-order valence-corrected chi connectivity index (χ4v) is 3.95. The van der Waals surface area contributed by atoms with E-state index in [0.717, 1.165) is 42.3 Å². The molecular weight excluding hydrogens is 409 g/mol. The van der Waals surface area contributed by atoms with E-state index in [9.17, 15) is 4.79 Å². The standard InChI is InChI=1S/C20H28N7O2.K/c1-12-23-16(5-4-10-29-3)17(27(12)22-2)18(21)26-9-8-15-14(11-26)20(28)25-19(24-15)13-6-7-13;/h13,21H,4-11H2,1-3H3,(H,24,25,28);/q-1;+1. The maximum absolute atomic E-state index is 12.6. The monoisotopic (exact) mass is 437 g/mol. The van der Waals surface area contributed by atoms with Crippen molar-refractivity contribution in [2.75, 3.05) is 27.3 Å². The van der Waals surface area contributed by atoms with Crippen LogP contribution in [-0.4, -0.2) is 57.7 Å². The first-order valence-electron chi connectivity index (χ1n) is 10.2. The van der Waals surface area contributed by atoms with E-state index >= 15 is 0 Å². The number of fused-ring (bicyclic) bond motifs is 1. The average molecular weight is 438 g/mol. The fourth-order valence-electron chi connectivity index (χ4n) is 3.95. The third-order valence-corrected chi connectivity index (χ3v) is 5.64. The van der Waals surface area contributed by atoms with Crippen LogP contribution in [0.4, 0.5) is 0 Å². The van der Waals surface area contributed by atoms with Crippen LogP contribution in [-0.2, 0) is 24.1 Å². The number of hydrogen-bond acceptors (Lipinski definition) is 5. The van der Waals surface area contributed by atoms with Gasteiger partial charge in [0.2, 0.25) is 0 Å². The van der Waals surface area contributed by atoms with Crippen molar-refractivity contribution in [1.29, 1.82) is 5.41 Å². The number of aryl methyl sites for hydroxylation is 2. The smallest absolute Gasteiger partial charge is 0.618 e. The van der Waals surface area contributed by atoms with Gasteiger partial charge in [0.1, 0.15) is 11.7 Å². The van der Waals surface area contributed by atoms with Gasteiger partial charge >= 0.3 is 51.4 Å². The Morgan fingerprint density at radius 3 is 2.80 bits per heavy atom. The summed E-state index contributed by atoms with van der Waals surface area (Å²) in [6.07, 6.45) is 4.42. The van der Waals surface area contributed by atoms with E-state index in [0.29, 0.717) is 55.5 Å². The molecule has 1 fully saturated rings. The minimum Gasteiger partial charge on any atom is -0.618 e. The Kier molecular flexibility index (Phi) is 7.91. The van der Waals surface area contributed by atoms with Crippen LogP contribution >= 0.6 is 0 Å². The Balaban J connectivity index is 0.00000256. The summed E-state index contributed by atoms with van der Waals surface area (Å²) in [5.74, 6) is 2.35. The van der Waals surface area contributed by atoms with Crippen molar-refractivity contribution < 1.29 is 56.1 Å². The number of ether oxygens (including phenoxy) is 1. The molecule has 0 atom stereocenters. The second-order valence-corrected chi connectivity index (χ2v) is 7.73. The quantitative estimate of drug-likeness (QED) is 0.247. The van der Waals surface area contributed by atoms with Crippen molar-refractivity contribution in [3.63, 3.8) is 0 Å². The summed E-state index contributed by atoms with van der Waals surface area (Å²) in [6.45, 7) is 3.57. The normalized spacial score (nSPS) is 15.5. The number of rotatable bonds is 7. The Labute approximate surface area is 218 Å². The molecule has 1 aliphatic carbocycles. The molecule has 0 radical (unpaired) electrons. The molecule has 4 rings (SSSR count). The second kappa shape index (κ2) is 10.1. The van der Waals surface area contributed by atoms with Crippen molar-refractivity contribution in [2.24, 2.45) is 0 Å². The number of nitrogens with one attached hydrogen (secondary N) is 2. The van der Waals surface area contributed by atoms with Crippen molar-refractivity contribution in [1.82, 2.24) is 24.5 Å². The number of aromatic amines is 1. The van der Waals surface area contributed by atoms with Crippen LogP contribution in [0, 0.1) is 12.3 Å². The van der Waals surface area contributed by atoms with Crippen molar-refractivity contribution in [3.8, 4) is 0 Å². The van der Waals surface area contributed by atoms with Gasteiger partial charge in [0.15, 0.2) is 0 Å². The van der Waals surface area contributed by atoms with Crippen molar-refractivity contribution >= 4 is 5.84 Å². The second-order valence-electron chi connectivity index (χ2n) is 7.73. The van der Waals surface area contributed by atoms with E-state index in [4.69, 9.17) is 15.1 Å². The van der Waals surface area contributed by atoms with Gasteiger partial charge in [0.25, 0.3) is 5.56 Å². The summed E-state index contributed by atoms with van der Waals surface area (Å²) < 4.78 is 6.88. The zero-order valence-electron chi connectivity index (χ0n) is 18.3. The summed E-state index contributed by atoms with van der Waals surface area (Å²) in [5.41, 5.74) is 7.33. The van der Waals surface area contributed by atoms with E-state index < -0.39 is 0 Å². The first-order chi connectivity index (χ1) is 14.0. The number of imidazole rings is 1. The molecule has 0 saturated heterocycles. The predicted molar refractivity (Wildman–Crippen MR) is 110 cm³/mol. The van der Waals surface area contributed by atoms with Gasteiger partial charge in [-0.05, 0) is 32.6 Å². The molecule has 2 aromatic rings. The van der Waals surface area contributed by atoms with Gasteiger partial charge in [-0.2, -0.15) is 0 Å². The topological polar surface area (TPSA) is 114 Å². The zero-order chi connectivity index (χ0) is 20.5. The van der Waals surface area contributed by atoms with E-state index in [-0.39, 0.29) is 56.9 Å². The number of H-pyrrole nitrogens is 1. The van der Waals surface area contributed by atoms with E-state index in [1.807, 2.05) is 11.8 Å². The molecule has 3 heterocycles. The molecule has 0 aromatic carbocycles. The minimum atomic E-state index is -0.0698. The van der Waals surface area contributed by atoms with E-state index in [1.165, 1.54) is 0 Å². The summed E-state index contributed by atoms with van der Waals surface area (Å²) in [7, 11) is 3.38. The van der Waals surface area contributed by atoms with Crippen molar-refractivity contribution in [3.05, 3.63) is 50.1 Å². The molecule has 2 N–H and O–H groups in total.